The third-order valence-corrected chi connectivity index (χ3v) is 4.55. The van der Waals surface area contributed by atoms with E-state index in [9.17, 15) is 0 Å². The van der Waals surface area contributed by atoms with E-state index in [0.29, 0.717) is 0 Å². The highest BCUT2D eigenvalue weighted by molar-refractivity contribution is 9.08. The van der Waals surface area contributed by atoms with Crippen LogP contribution < -0.4 is 4.90 Å². The number of rotatable bonds is 3. The number of benzene rings is 1. The summed E-state index contributed by atoms with van der Waals surface area (Å²) in [7, 11) is 0. The second-order valence-corrected chi connectivity index (χ2v) is 5.75. The Balaban J connectivity index is 2.16. The molecular weight excluding hydrogens is 298 g/mol. The molecule has 1 aromatic carbocycles. The fourth-order valence-corrected chi connectivity index (χ4v) is 3.18. The number of hydrogen-bond acceptors (Lipinski definition) is 1. The zero-order chi connectivity index (χ0) is 12.3. The van der Waals surface area contributed by atoms with Crippen LogP contribution >= 0.6 is 27.5 Å². The normalized spacial score (nSPS) is 20.6. The van der Waals surface area contributed by atoms with E-state index in [-0.39, 0.29) is 0 Å². The van der Waals surface area contributed by atoms with Gasteiger partial charge in [0.1, 0.15) is 0 Å². The summed E-state index contributed by atoms with van der Waals surface area (Å²) in [5, 5.41) is 1.75. The van der Waals surface area contributed by atoms with Crippen molar-refractivity contribution in [2.75, 3.05) is 18.0 Å². The molecular formula is C14H19BrClN. The van der Waals surface area contributed by atoms with Crippen LogP contribution in [0.3, 0.4) is 0 Å². The van der Waals surface area contributed by atoms with Crippen LogP contribution in [-0.2, 0) is 5.33 Å². The van der Waals surface area contributed by atoms with Gasteiger partial charge in [-0.15, -0.1) is 0 Å². The summed E-state index contributed by atoms with van der Waals surface area (Å²) in [5.41, 5.74) is 2.44. The molecule has 0 aromatic heterocycles. The molecule has 3 heteroatoms. The van der Waals surface area contributed by atoms with Crippen LogP contribution in [0.5, 0.6) is 0 Å². The average molecular weight is 317 g/mol. The molecule has 1 unspecified atom stereocenters. The maximum Gasteiger partial charge on any atom is 0.0642 e. The molecule has 0 spiro atoms. The Kier molecular flexibility index (Phi) is 4.75. The first-order valence-corrected chi connectivity index (χ1v) is 7.84. The van der Waals surface area contributed by atoms with E-state index in [1.807, 2.05) is 0 Å². The van der Waals surface area contributed by atoms with Gasteiger partial charge in [-0.2, -0.15) is 0 Å². The molecule has 1 saturated heterocycles. The molecule has 0 radical (unpaired) electrons. The van der Waals surface area contributed by atoms with Crippen LogP contribution in [0.15, 0.2) is 18.2 Å². The van der Waals surface area contributed by atoms with Crippen LogP contribution in [0, 0.1) is 5.92 Å². The molecule has 2 rings (SSSR count). The summed E-state index contributed by atoms with van der Waals surface area (Å²) >= 11 is 9.83. The van der Waals surface area contributed by atoms with E-state index in [1.165, 1.54) is 30.5 Å². The SMILES string of the molecule is CCC1CCCN(c2ccc(CBr)cc2Cl)C1. The Labute approximate surface area is 117 Å². The van der Waals surface area contributed by atoms with Crippen LogP contribution in [0.1, 0.15) is 31.7 Å². The van der Waals surface area contributed by atoms with Crippen molar-refractivity contribution in [3.8, 4) is 0 Å². The van der Waals surface area contributed by atoms with Crippen molar-refractivity contribution >= 4 is 33.2 Å². The highest BCUT2D eigenvalue weighted by atomic mass is 79.9. The van der Waals surface area contributed by atoms with Gasteiger partial charge in [-0.3, -0.25) is 0 Å². The molecule has 0 bridgehead atoms. The summed E-state index contributed by atoms with van der Waals surface area (Å²) in [6.07, 6.45) is 3.92. The Hall–Kier alpha value is -0.210. The molecule has 94 valence electrons. The van der Waals surface area contributed by atoms with E-state index < -0.39 is 0 Å². The van der Waals surface area contributed by atoms with E-state index in [0.717, 1.165) is 29.4 Å². The first-order valence-electron chi connectivity index (χ1n) is 6.34. The molecule has 1 nitrogen and oxygen atoms in total. The predicted molar refractivity (Wildman–Crippen MR) is 79.3 cm³/mol. The van der Waals surface area contributed by atoms with Crippen molar-refractivity contribution in [2.24, 2.45) is 5.92 Å². The highest BCUT2D eigenvalue weighted by Crippen LogP contribution is 2.31. The van der Waals surface area contributed by atoms with Crippen molar-refractivity contribution in [2.45, 2.75) is 31.5 Å². The Morgan fingerprint density at radius 2 is 2.29 bits per heavy atom. The monoisotopic (exact) mass is 315 g/mol. The number of piperidine rings is 1. The van der Waals surface area contributed by atoms with Crippen molar-refractivity contribution in [1.29, 1.82) is 0 Å². The van der Waals surface area contributed by atoms with Crippen LogP contribution in [0.2, 0.25) is 5.02 Å². The van der Waals surface area contributed by atoms with Gasteiger partial charge in [0.15, 0.2) is 0 Å². The third-order valence-electron chi connectivity index (χ3n) is 3.60. The van der Waals surface area contributed by atoms with E-state index in [1.54, 1.807) is 0 Å². The Bertz CT molecular complexity index is 380. The van der Waals surface area contributed by atoms with Crippen LogP contribution in [-0.4, -0.2) is 13.1 Å². The molecule has 1 aliphatic heterocycles. The third kappa shape index (κ3) is 3.17. The molecule has 0 aliphatic carbocycles. The average Bonchev–Trinajstić information content (AvgIpc) is 2.38. The minimum Gasteiger partial charge on any atom is -0.370 e. The lowest BCUT2D eigenvalue weighted by molar-refractivity contribution is 0.405. The number of anilines is 1. The topological polar surface area (TPSA) is 3.24 Å². The van der Waals surface area contributed by atoms with Gasteiger partial charge in [-0.1, -0.05) is 46.9 Å². The van der Waals surface area contributed by atoms with Crippen molar-refractivity contribution < 1.29 is 0 Å². The molecule has 1 heterocycles. The molecule has 1 atom stereocenters. The maximum absolute atomic E-state index is 6.37. The van der Waals surface area contributed by atoms with Gasteiger partial charge >= 0.3 is 0 Å². The summed E-state index contributed by atoms with van der Waals surface area (Å²) in [6, 6.07) is 6.39. The largest absolute Gasteiger partial charge is 0.370 e. The summed E-state index contributed by atoms with van der Waals surface area (Å²) in [5.74, 6) is 0.829. The van der Waals surface area contributed by atoms with Crippen LogP contribution in [0.25, 0.3) is 0 Å². The lowest BCUT2D eigenvalue weighted by Gasteiger charge is -2.34. The number of alkyl halides is 1. The van der Waals surface area contributed by atoms with Gasteiger partial charge < -0.3 is 4.90 Å². The predicted octanol–water partition coefficient (Wildman–Crippen LogP) is 4.86. The Morgan fingerprint density at radius 3 is 2.94 bits per heavy atom. The molecule has 1 fully saturated rings. The molecule has 0 amide bonds. The smallest absolute Gasteiger partial charge is 0.0642 e. The minimum atomic E-state index is 0.829. The first kappa shape index (κ1) is 13.2. The fraction of sp³-hybridized carbons (Fsp3) is 0.571. The van der Waals surface area contributed by atoms with E-state index >= 15 is 0 Å². The van der Waals surface area contributed by atoms with Crippen molar-refractivity contribution in [3.05, 3.63) is 28.8 Å². The first-order chi connectivity index (χ1) is 8.24. The quantitative estimate of drug-likeness (QED) is 0.720. The number of nitrogens with zero attached hydrogens (tertiary/aromatic N) is 1. The van der Waals surface area contributed by atoms with Crippen LogP contribution in [0.4, 0.5) is 5.69 Å². The zero-order valence-electron chi connectivity index (χ0n) is 10.3. The second-order valence-electron chi connectivity index (χ2n) is 4.78. The van der Waals surface area contributed by atoms with Gasteiger partial charge in [0.2, 0.25) is 0 Å². The zero-order valence-corrected chi connectivity index (χ0v) is 12.6. The Morgan fingerprint density at radius 1 is 1.47 bits per heavy atom. The highest BCUT2D eigenvalue weighted by Gasteiger charge is 2.20. The van der Waals surface area contributed by atoms with Crippen molar-refractivity contribution in [3.63, 3.8) is 0 Å². The standard InChI is InChI=1S/C14H19BrClN/c1-2-11-4-3-7-17(10-11)14-6-5-12(9-15)8-13(14)16/h5-6,8,11H,2-4,7,9-10H2,1H3. The summed E-state index contributed by atoms with van der Waals surface area (Å²) < 4.78 is 0. The van der Waals surface area contributed by atoms with E-state index in [4.69, 9.17) is 11.6 Å². The number of hydrogen-bond donors (Lipinski definition) is 0. The lowest BCUT2D eigenvalue weighted by atomic mass is 9.95. The van der Waals surface area contributed by atoms with Gasteiger partial charge in [-0.25, -0.2) is 0 Å². The number of halogens is 2. The lowest BCUT2D eigenvalue weighted by Crippen LogP contribution is -2.35. The molecule has 1 aliphatic rings. The van der Waals surface area contributed by atoms with Gasteiger partial charge in [-0.05, 0) is 36.5 Å². The molecule has 1 aromatic rings. The summed E-state index contributed by atoms with van der Waals surface area (Å²) in [6.45, 7) is 4.58. The molecule has 0 saturated carbocycles. The maximum atomic E-state index is 6.37. The van der Waals surface area contributed by atoms with E-state index in [2.05, 4.69) is 46.0 Å². The fourth-order valence-electron chi connectivity index (χ4n) is 2.51. The molecule has 0 N–H and O–H groups in total. The molecule has 17 heavy (non-hydrogen) atoms. The summed E-state index contributed by atoms with van der Waals surface area (Å²) in [4.78, 5) is 2.44. The minimum absolute atomic E-state index is 0.829. The second kappa shape index (κ2) is 6.10. The van der Waals surface area contributed by atoms with Gasteiger partial charge in [0.25, 0.3) is 0 Å². The van der Waals surface area contributed by atoms with Gasteiger partial charge in [0.05, 0.1) is 10.7 Å². The van der Waals surface area contributed by atoms with Gasteiger partial charge in [0, 0.05) is 18.4 Å². The van der Waals surface area contributed by atoms with Crippen molar-refractivity contribution in [1.82, 2.24) is 0 Å².